The number of halogens is 1. The van der Waals surface area contributed by atoms with Crippen LogP contribution in [0.3, 0.4) is 0 Å². The fourth-order valence-corrected chi connectivity index (χ4v) is 5.48. The molecule has 5 rings (SSSR count). The van der Waals surface area contributed by atoms with Crippen molar-refractivity contribution in [1.82, 2.24) is 15.0 Å². The average Bonchev–Trinajstić information content (AvgIpc) is 3.24. The molecule has 2 fully saturated rings. The van der Waals surface area contributed by atoms with Gasteiger partial charge in [0.2, 0.25) is 5.95 Å². The molecule has 0 spiro atoms. The Morgan fingerprint density at radius 1 is 1.24 bits per heavy atom. The molecule has 0 radical (unpaired) electrons. The van der Waals surface area contributed by atoms with Crippen LogP contribution >= 0.6 is 23.7 Å². The van der Waals surface area contributed by atoms with E-state index in [0.717, 1.165) is 29.5 Å². The van der Waals surface area contributed by atoms with Crippen molar-refractivity contribution in [1.29, 1.82) is 0 Å². The van der Waals surface area contributed by atoms with Crippen LogP contribution in [0.2, 0.25) is 0 Å². The lowest BCUT2D eigenvalue weighted by molar-refractivity contribution is -0.0647. The molecular formula is C22H28ClN5O4S. The molecule has 2 aliphatic rings. The first-order chi connectivity index (χ1) is 15.4. The second-order valence-corrected chi connectivity index (χ2v) is 9.97. The summed E-state index contributed by atoms with van der Waals surface area (Å²) >= 11 is 1.39. The number of hydrogen-bond donors (Lipinski definition) is 6. The summed E-state index contributed by atoms with van der Waals surface area (Å²) in [6, 6.07) is 7.32. The Labute approximate surface area is 200 Å². The Bertz CT molecular complexity index is 1160. The Morgan fingerprint density at radius 2 is 2.00 bits per heavy atom. The predicted octanol–water partition coefficient (Wildman–Crippen LogP) is 2.34. The quantitative estimate of drug-likeness (QED) is 0.307. The van der Waals surface area contributed by atoms with Crippen molar-refractivity contribution in [3.8, 4) is 10.6 Å². The van der Waals surface area contributed by atoms with E-state index in [9.17, 15) is 20.1 Å². The number of aliphatic hydroxyl groups excluding tert-OH is 2. The SMILES string of the molecule is C[C@@]1(O)[C@H](O)[C@@H](CO)C[C@H]1Nc1nc(NC2CCC2)[nH]c(=O)c1-c1nc2ccccc2s1.Cl. The minimum absolute atomic E-state index is 0. The summed E-state index contributed by atoms with van der Waals surface area (Å²) in [4.78, 5) is 25.3. The molecule has 6 N–H and O–H groups in total. The van der Waals surface area contributed by atoms with Gasteiger partial charge in [-0.1, -0.05) is 12.1 Å². The highest BCUT2D eigenvalue weighted by Gasteiger charge is 2.50. The number of anilines is 2. The van der Waals surface area contributed by atoms with Crippen LogP contribution in [0, 0.1) is 5.92 Å². The highest BCUT2D eigenvalue weighted by molar-refractivity contribution is 7.21. The lowest BCUT2D eigenvalue weighted by atomic mass is 9.93. The number of thiazole rings is 1. The molecule has 0 bridgehead atoms. The van der Waals surface area contributed by atoms with Crippen LogP contribution in [0.4, 0.5) is 11.8 Å². The van der Waals surface area contributed by atoms with Gasteiger partial charge in [0, 0.05) is 18.6 Å². The van der Waals surface area contributed by atoms with Gasteiger partial charge in [0.25, 0.3) is 5.56 Å². The van der Waals surface area contributed by atoms with E-state index in [2.05, 4.69) is 25.6 Å². The van der Waals surface area contributed by atoms with E-state index >= 15 is 0 Å². The van der Waals surface area contributed by atoms with Crippen LogP contribution in [0.25, 0.3) is 20.8 Å². The molecule has 2 saturated carbocycles. The number of para-hydroxylation sites is 1. The van der Waals surface area contributed by atoms with E-state index < -0.39 is 23.7 Å². The van der Waals surface area contributed by atoms with E-state index in [1.165, 1.54) is 18.3 Å². The molecule has 0 amide bonds. The van der Waals surface area contributed by atoms with Crippen molar-refractivity contribution in [2.45, 2.75) is 56.4 Å². The molecule has 0 aliphatic heterocycles. The van der Waals surface area contributed by atoms with Gasteiger partial charge in [-0.25, -0.2) is 4.98 Å². The molecule has 33 heavy (non-hydrogen) atoms. The van der Waals surface area contributed by atoms with Gasteiger partial charge in [-0.05, 0) is 44.7 Å². The second-order valence-electron chi connectivity index (χ2n) is 8.94. The molecule has 2 aliphatic carbocycles. The summed E-state index contributed by atoms with van der Waals surface area (Å²) in [5.74, 6) is 0.192. The van der Waals surface area contributed by atoms with E-state index in [0.29, 0.717) is 28.8 Å². The van der Waals surface area contributed by atoms with Crippen LogP contribution in [-0.2, 0) is 0 Å². The number of H-pyrrole nitrogens is 1. The zero-order valence-corrected chi connectivity index (χ0v) is 19.7. The highest BCUT2D eigenvalue weighted by Crippen LogP contribution is 2.39. The lowest BCUT2D eigenvalue weighted by Crippen LogP contribution is -2.48. The van der Waals surface area contributed by atoms with Gasteiger partial charge in [-0.15, -0.1) is 23.7 Å². The maximum atomic E-state index is 13.2. The molecule has 2 heterocycles. The average molecular weight is 494 g/mol. The summed E-state index contributed by atoms with van der Waals surface area (Å²) in [5, 5.41) is 38.0. The van der Waals surface area contributed by atoms with Crippen molar-refractivity contribution in [3.63, 3.8) is 0 Å². The Morgan fingerprint density at radius 3 is 2.64 bits per heavy atom. The monoisotopic (exact) mass is 493 g/mol. The molecule has 178 valence electrons. The number of aromatic amines is 1. The van der Waals surface area contributed by atoms with Crippen molar-refractivity contribution in [2.75, 3.05) is 17.2 Å². The maximum absolute atomic E-state index is 13.2. The zero-order chi connectivity index (χ0) is 22.5. The number of aliphatic hydroxyl groups is 3. The molecule has 4 atom stereocenters. The van der Waals surface area contributed by atoms with Crippen LogP contribution in [0.15, 0.2) is 29.1 Å². The number of aromatic nitrogens is 3. The fourth-order valence-electron chi connectivity index (χ4n) is 4.47. The molecular weight excluding hydrogens is 466 g/mol. The normalized spacial score (nSPS) is 27.2. The number of benzene rings is 1. The molecule has 1 aromatic carbocycles. The molecule has 9 nitrogen and oxygen atoms in total. The summed E-state index contributed by atoms with van der Waals surface area (Å²) in [6.07, 6.45) is 2.43. The highest BCUT2D eigenvalue weighted by atomic mass is 35.5. The van der Waals surface area contributed by atoms with E-state index in [1.807, 2.05) is 24.3 Å². The first-order valence-corrected chi connectivity index (χ1v) is 11.7. The predicted molar refractivity (Wildman–Crippen MR) is 131 cm³/mol. The van der Waals surface area contributed by atoms with Crippen LogP contribution in [-0.4, -0.2) is 60.7 Å². The Hall–Kier alpha value is -2.24. The van der Waals surface area contributed by atoms with Gasteiger partial charge in [0.1, 0.15) is 22.0 Å². The van der Waals surface area contributed by atoms with Crippen molar-refractivity contribution in [2.24, 2.45) is 5.92 Å². The van der Waals surface area contributed by atoms with Crippen molar-refractivity contribution >= 4 is 45.7 Å². The van der Waals surface area contributed by atoms with E-state index in [-0.39, 0.29) is 30.6 Å². The minimum atomic E-state index is -1.50. The third kappa shape index (κ3) is 4.33. The largest absolute Gasteiger partial charge is 0.396 e. The van der Waals surface area contributed by atoms with Gasteiger partial charge in [-0.2, -0.15) is 4.98 Å². The Balaban J connectivity index is 0.00000259. The second kappa shape index (κ2) is 9.19. The fraction of sp³-hybridized carbons (Fsp3) is 0.500. The van der Waals surface area contributed by atoms with Gasteiger partial charge in [0.05, 0.1) is 22.4 Å². The van der Waals surface area contributed by atoms with E-state index in [4.69, 9.17) is 0 Å². The summed E-state index contributed by atoms with van der Waals surface area (Å²) in [5.41, 5.74) is -0.745. The standard InChI is InChI=1S/C22H27N5O4S.ClH/c1-22(31)15(9-11(10-28)17(22)29)25-18-16(20-24-13-7-2-3-8-14(13)32-20)19(30)27-21(26-18)23-12-5-4-6-12;/h2-3,7-8,11-12,15,17,28-29,31H,4-6,9-10H2,1H3,(H3,23,25,26,27,30);1H/t11-,15-,17-,22+;/m1./s1. The van der Waals surface area contributed by atoms with Crippen LogP contribution in [0.5, 0.6) is 0 Å². The number of hydrogen-bond acceptors (Lipinski definition) is 9. The summed E-state index contributed by atoms with van der Waals surface area (Å²) in [6.45, 7) is 1.29. The van der Waals surface area contributed by atoms with E-state index in [1.54, 1.807) is 0 Å². The zero-order valence-electron chi connectivity index (χ0n) is 18.1. The topological polar surface area (TPSA) is 143 Å². The summed E-state index contributed by atoms with van der Waals surface area (Å²) in [7, 11) is 0. The number of rotatable bonds is 6. The lowest BCUT2D eigenvalue weighted by Gasteiger charge is -2.30. The molecule has 2 aromatic heterocycles. The van der Waals surface area contributed by atoms with Crippen LogP contribution < -0.4 is 16.2 Å². The maximum Gasteiger partial charge on any atom is 0.264 e. The van der Waals surface area contributed by atoms with Crippen LogP contribution in [0.1, 0.15) is 32.6 Å². The number of fused-ring (bicyclic) bond motifs is 1. The van der Waals surface area contributed by atoms with Gasteiger partial charge in [-0.3, -0.25) is 9.78 Å². The van der Waals surface area contributed by atoms with Gasteiger partial charge in [0.15, 0.2) is 0 Å². The Kier molecular flexibility index (Phi) is 6.66. The van der Waals surface area contributed by atoms with Crippen molar-refractivity contribution < 1.29 is 15.3 Å². The third-order valence-corrected chi connectivity index (χ3v) is 7.76. The minimum Gasteiger partial charge on any atom is -0.396 e. The molecule has 3 aromatic rings. The molecule has 11 heteroatoms. The summed E-state index contributed by atoms with van der Waals surface area (Å²) < 4.78 is 0.952. The number of nitrogens with one attached hydrogen (secondary N) is 3. The first kappa shape index (κ1) is 23.9. The van der Waals surface area contributed by atoms with Gasteiger partial charge >= 0.3 is 0 Å². The number of nitrogens with zero attached hydrogens (tertiary/aromatic N) is 2. The smallest absolute Gasteiger partial charge is 0.264 e. The third-order valence-electron chi connectivity index (χ3n) is 6.71. The molecule has 0 unspecified atom stereocenters. The van der Waals surface area contributed by atoms with Gasteiger partial charge < -0.3 is 26.0 Å². The molecule has 0 saturated heterocycles. The van der Waals surface area contributed by atoms with Crippen molar-refractivity contribution in [3.05, 3.63) is 34.6 Å². The first-order valence-electron chi connectivity index (χ1n) is 10.9.